The summed E-state index contributed by atoms with van der Waals surface area (Å²) in [5.41, 5.74) is 7.33. The quantitative estimate of drug-likeness (QED) is 0.328. The molecule has 1 amide bonds. The van der Waals surface area contributed by atoms with Crippen molar-refractivity contribution < 1.29 is 14.6 Å². The van der Waals surface area contributed by atoms with Crippen molar-refractivity contribution in [3.05, 3.63) is 64.6 Å². The van der Waals surface area contributed by atoms with Gasteiger partial charge in [0.2, 0.25) is 0 Å². The number of fused-ring (bicyclic) bond motifs is 3. The number of hydrogen-bond donors (Lipinski definition) is 3. The second kappa shape index (κ2) is 8.48. The Hall–Kier alpha value is -4.20. The number of nitrogens with zero attached hydrogens (tertiary/aromatic N) is 6. The molecule has 13 heteroatoms. The maximum absolute atomic E-state index is 13.4. The fourth-order valence-electron chi connectivity index (χ4n) is 4.34. The average Bonchev–Trinajstić information content (AvgIpc) is 3.46. The summed E-state index contributed by atoms with van der Waals surface area (Å²) in [7, 11) is 0. The highest BCUT2D eigenvalue weighted by Gasteiger charge is 2.39. The second-order valence-electron chi connectivity index (χ2n) is 8.35. The summed E-state index contributed by atoms with van der Waals surface area (Å²) in [5, 5.41) is 16.6. The van der Waals surface area contributed by atoms with Crippen molar-refractivity contribution in [2.24, 2.45) is 0 Å². The fourth-order valence-corrected chi connectivity index (χ4v) is 5.18. The van der Waals surface area contributed by atoms with Crippen LogP contribution < -0.4 is 16.2 Å². The predicted octanol–water partition coefficient (Wildman–Crippen LogP) is 1.47. The minimum atomic E-state index is -1.50. The van der Waals surface area contributed by atoms with E-state index in [4.69, 9.17) is 10.5 Å². The molecule has 1 aliphatic heterocycles. The molecule has 1 aromatic carbocycles. The normalized spacial score (nSPS) is 17.2. The number of ether oxygens (including phenoxy) is 1. The van der Waals surface area contributed by atoms with E-state index in [2.05, 4.69) is 24.4 Å². The van der Waals surface area contributed by atoms with E-state index in [0.29, 0.717) is 32.6 Å². The van der Waals surface area contributed by atoms with E-state index in [1.54, 1.807) is 41.3 Å². The van der Waals surface area contributed by atoms with Gasteiger partial charge in [0, 0.05) is 23.3 Å². The zero-order valence-corrected chi connectivity index (χ0v) is 19.8. The third-order valence-electron chi connectivity index (χ3n) is 6.09. The number of aromatic amines is 1. The van der Waals surface area contributed by atoms with Crippen molar-refractivity contribution in [2.75, 3.05) is 23.8 Å². The summed E-state index contributed by atoms with van der Waals surface area (Å²) >= 11 is 1.10. The van der Waals surface area contributed by atoms with Gasteiger partial charge in [-0.1, -0.05) is 0 Å². The smallest absolute Gasteiger partial charge is 0.260 e. The van der Waals surface area contributed by atoms with E-state index in [1.165, 1.54) is 4.90 Å². The molecule has 5 aromatic rings. The minimum absolute atomic E-state index is 0.0680. The Morgan fingerprint density at radius 2 is 2.17 bits per heavy atom. The average molecular weight is 505 g/mol. The number of aliphatic hydroxyl groups is 1. The van der Waals surface area contributed by atoms with Crippen molar-refractivity contribution in [2.45, 2.75) is 19.1 Å². The van der Waals surface area contributed by atoms with Crippen LogP contribution in [0.5, 0.6) is 0 Å². The molecule has 0 spiro atoms. The van der Waals surface area contributed by atoms with Crippen LogP contribution in [0.25, 0.3) is 26.7 Å². The summed E-state index contributed by atoms with van der Waals surface area (Å²) in [4.78, 5) is 38.9. The first-order valence-corrected chi connectivity index (χ1v) is 11.9. The lowest BCUT2D eigenvalue weighted by molar-refractivity contribution is -0.143. The molecule has 5 heterocycles. The van der Waals surface area contributed by atoms with Crippen molar-refractivity contribution >= 4 is 50.1 Å². The van der Waals surface area contributed by atoms with Crippen LogP contribution in [0.3, 0.4) is 0 Å². The van der Waals surface area contributed by atoms with E-state index in [-0.39, 0.29) is 19.0 Å². The molecule has 2 atom stereocenters. The van der Waals surface area contributed by atoms with Gasteiger partial charge in [-0.05, 0) is 42.7 Å². The van der Waals surface area contributed by atoms with Crippen LogP contribution in [-0.2, 0) is 9.53 Å². The van der Waals surface area contributed by atoms with Crippen LogP contribution in [0.15, 0.2) is 47.5 Å². The number of hydrogen-bond acceptors (Lipinski definition) is 10. The number of carbonyl (C=O) groups is 1. The Morgan fingerprint density at radius 1 is 1.31 bits per heavy atom. The first kappa shape index (κ1) is 22.3. The third kappa shape index (κ3) is 3.52. The molecule has 6 rings (SSSR count). The molecule has 36 heavy (non-hydrogen) atoms. The van der Waals surface area contributed by atoms with Gasteiger partial charge in [0.25, 0.3) is 11.5 Å². The van der Waals surface area contributed by atoms with E-state index < -0.39 is 23.7 Å². The topological polar surface area (TPSA) is 165 Å². The van der Waals surface area contributed by atoms with Gasteiger partial charge in [0.15, 0.2) is 11.9 Å². The van der Waals surface area contributed by atoms with Crippen LogP contribution in [-0.4, -0.2) is 59.4 Å². The number of pyridine rings is 1. The summed E-state index contributed by atoms with van der Waals surface area (Å²) in [6.45, 7) is 2.31. The zero-order chi connectivity index (χ0) is 25.0. The monoisotopic (exact) mass is 504 g/mol. The molecule has 4 aromatic heterocycles. The molecule has 0 radical (unpaired) electrons. The number of aliphatic hydroxyl groups excluding tert-OH is 1. The Balaban J connectivity index is 1.32. The number of benzene rings is 1. The molecule has 0 saturated carbocycles. The first-order chi connectivity index (χ1) is 17.4. The number of anilines is 2. The van der Waals surface area contributed by atoms with E-state index in [1.807, 2.05) is 13.0 Å². The Morgan fingerprint density at radius 3 is 2.97 bits per heavy atom. The van der Waals surface area contributed by atoms with Crippen molar-refractivity contribution in [3.8, 4) is 5.69 Å². The Labute approximate surface area is 207 Å². The number of carbonyl (C=O) groups excluding carboxylic acids is 1. The number of amides is 1. The largest absolute Gasteiger partial charge is 0.382 e. The van der Waals surface area contributed by atoms with Gasteiger partial charge < -0.3 is 20.6 Å². The van der Waals surface area contributed by atoms with E-state index in [9.17, 15) is 14.7 Å². The standard InChI is InChI=1S/C23H20N8O4S/c1-11-9-15(28-31(11)12-3-2-6-25-10-12)30-7-8-35-18(23(30)34)17(32)21-26-14-5-4-13-19(36-29-20(13)24)16(14)22(33)27-21/h2-6,9-10,17-18,32H,7-8H2,1H3,(H2,24,29)(H,26,27,33). The highest BCUT2D eigenvalue weighted by molar-refractivity contribution is 7.14. The number of nitrogen functional groups attached to an aromatic ring is 1. The lowest BCUT2D eigenvalue weighted by Crippen LogP contribution is -2.50. The first-order valence-electron chi connectivity index (χ1n) is 11.1. The van der Waals surface area contributed by atoms with Gasteiger partial charge in [0.1, 0.15) is 17.7 Å². The molecule has 1 fully saturated rings. The molecular weight excluding hydrogens is 484 g/mol. The number of nitrogens with one attached hydrogen (secondary N) is 1. The molecule has 1 saturated heterocycles. The van der Waals surface area contributed by atoms with Crippen molar-refractivity contribution in [3.63, 3.8) is 0 Å². The van der Waals surface area contributed by atoms with Gasteiger partial charge in [-0.25, -0.2) is 9.67 Å². The van der Waals surface area contributed by atoms with Gasteiger partial charge in [-0.2, -0.15) is 4.37 Å². The lowest BCUT2D eigenvalue weighted by atomic mass is 10.1. The summed E-state index contributed by atoms with van der Waals surface area (Å²) in [6, 6.07) is 8.80. The molecule has 12 nitrogen and oxygen atoms in total. The van der Waals surface area contributed by atoms with Crippen LogP contribution in [0.2, 0.25) is 0 Å². The Bertz CT molecular complexity index is 1680. The molecule has 2 unspecified atom stereocenters. The minimum Gasteiger partial charge on any atom is -0.382 e. The van der Waals surface area contributed by atoms with Crippen LogP contribution in [0.1, 0.15) is 17.6 Å². The maximum atomic E-state index is 13.4. The molecular formula is C23H20N8O4S. The van der Waals surface area contributed by atoms with Gasteiger partial charge in [-0.3, -0.25) is 19.5 Å². The number of rotatable bonds is 4. The molecule has 0 bridgehead atoms. The number of aromatic nitrogens is 6. The van der Waals surface area contributed by atoms with E-state index >= 15 is 0 Å². The molecule has 0 aliphatic carbocycles. The van der Waals surface area contributed by atoms with Gasteiger partial charge in [-0.15, -0.1) is 5.10 Å². The molecule has 1 aliphatic rings. The second-order valence-corrected chi connectivity index (χ2v) is 9.12. The SMILES string of the molecule is Cc1cc(N2CCOC(C(O)c3nc4ccc5c(N)nsc5c4c(=O)[nH]3)C2=O)nn1-c1cccnc1. The van der Waals surface area contributed by atoms with Crippen molar-refractivity contribution in [1.82, 2.24) is 29.1 Å². The number of aryl methyl sites for hydroxylation is 1. The maximum Gasteiger partial charge on any atom is 0.260 e. The lowest BCUT2D eigenvalue weighted by Gasteiger charge is -2.32. The predicted molar refractivity (Wildman–Crippen MR) is 133 cm³/mol. The van der Waals surface area contributed by atoms with Gasteiger partial charge >= 0.3 is 0 Å². The highest BCUT2D eigenvalue weighted by Crippen LogP contribution is 2.31. The summed E-state index contributed by atoms with van der Waals surface area (Å²) in [5.74, 6) is 0.203. The number of H-pyrrole nitrogens is 1. The number of morpholine rings is 1. The van der Waals surface area contributed by atoms with Crippen LogP contribution in [0, 0.1) is 6.92 Å². The van der Waals surface area contributed by atoms with Crippen LogP contribution in [0.4, 0.5) is 11.6 Å². The summed E-state index contributed by atoms with van der Waals surface area (Å²) < 4.78 is 12.0. The highest BCUT2D eigenvalue weighted by atomic mass is 32.1. The zero-order valence-electron chi connectivity index (χ0n) is 19.0. The Kier molecular flexibility index (Phi) is 5.25. The third-order valence-corrected chi connectivity index (χ3v) is 6.98. The number of nitrogens with two attached hydrogens (primary N) is 1. The molecule has 4 N–H and O–H groups in total. The van der Waals surface area contributed by atoms with Gasteiger partial charge in [0.05, 0.1) is 40.6 Å². The van der Waals surface area contributed by atoms with Crippen LogP contribution >= 0.6 is 11.5 Å². The summed E-state index contributed by atoms with van der Waals surface area (Å²) in [6.07, 6.45) is 0.571. The van der Waals surface area contributed by atoms with Crippen molar-refractivity contribution in [1.29, 1.82) is 0 Å². The fraction of sp³-hybridized carbons (Fsp3) is 0.217. The molecule has 182 valence electrons. The van der Waals surface area contributed by atoms with E-state index in [0.717, 1.165) is 22.9 Å².